The Morgan fingerprint density at radius 1 is 1.32 bits per heavy atom. The second-order valence-electron chi connectivity index (χ2n) is 5.30. The van der Waals surface area contributed by atoms with Crippen LogP contribution in [0.5, 0.6) is 0 Å². The van der Waals surface area contributed by atoms with Gasteiger partial charge in [-0.15, -0.1) is 5.92 Å². The van der Waals surface area contributed by atoms with Crippen LogP contribution in [-0.4, -0.2) is 14.5 Å². The molecule has 100 valence electrons. The zero-order chi connectivity index (χ0) is 14.2. The van der Waals surface area contributed by atoms with Crippen molar-refractivity contribution in [3.05, 3.63) is 22.2 Å². The molecule has 2 aromatic heterocycles. The third-order valence-electron chi connectivity index (χ3n) is 2.90. The lowest BCUT2D eigenvalue weighted by atomic mass is 9.87. The van der Waals surface area contributed by atoms with Gasteiger partial charge in [-0.1, -0.05) is 38.3 Å². The zero-order valence-corrected chi connectivity index (χ0v) is 12.9. The van der Waals surface area contributed by atoms with Crippen molar-refractivity contribution >= 4 is 34.2 Å². The minimum absolute atomic E-state index is 0.0746. The van der Waals surface area contributed by atoms with E-state index in [-0.39, 0.29) is 5.41 Å². The van der Waals surface area contributed by atoms with E-state index in [0.29, 0.717) is 17.0 Å². The average molecular weight is 296 g/mol. The van der Waals surface area contributed by atoms with Crippen molar-refractivity contribution in [3.63, 3.8) is 0 Å². The Balaban J connectivity index is 2.79. The van der Waals surface area contributed by atoms with E-state index in [4.69, 9.17) is 23.2 Å². The zero-order valence-electron chi connectivity index (χ0n) is 11.4. The van der Waals surface area contributed by atoms with Crippen LogP contribution in [0.25, 0.3) is 11.0 Å². The number of hydrogen-bond acceptors (Lipinski definition) is 2. The summed E-state index contributed by atoms with van der Waals surface area (Å²) in [5.74, 6) is 5.81. The highest BCUT2D eigenvalue weighted by atomic mass is 35.5. The van der Waals surface area contributed by atoms with Gasteiger partial charge in [-0.25, -0.2) is 9.97 Å². The Hall–Kier alpha value is -1.24. The highest BCUT2D eigenvalue weighted by Gasteiger charge is 2.23. The first-order valence-electron chi connectivity index (χ1n) is 5.96. The number of fused-ring (bicyclic) bond motifs is 1. The number of halogens is 2. The predicted octanol–water partition coefficient (Wildman–Crippen LogP) is 4.06. The molecule has 0 bridgehead atoms. The van der Waals surface area contributed by atoms with Crippen LogP contribution in [-0.2, 0) is 12.0 Å². The van der Waals surface area contributed by atoms with Crippen LogP contribution in [0.2, 0.25) is 10.4 Å². The molecule has 0 amide bonds. The quantitative estimate of drug-likeness (QED) is 0.587. The summed E-state index contributed by atoms with van der Waals surface area (Å²) in [5.41, 5.74) is 2.50. The second kappa shape index (κ2) is 5.03. The van der Waals surface area contributed by atoms with Crippen molar-refractivity contribution in [1.82, 2.24) is 14.5 Å². The van der Waals surface area contributed by atoms with Gasteiger partial charge in [0.05, 0.1) is 12.1 Å². The molecule has 0 spiro atoms. The highest BCUT2D eigenvalue weighted by Crippen LogP contribution is 2.33. The van der Waals surface area contributed by atoms with Crippen molar-refractivity contribution in [2.75, 3.05) is 0 Å². The SMILES string of the molecule is CC#CCn1c(Cl)nc2c(C(C)(C)C)cnc(Cl)c21. The van der Waals surface area contributed by atoms with Crippen molar-refractivity contribution < 1.29 is 0 Å². The predicted molar refractivity (Wildman–Crippen MR) is 79.7 cm³/mol. The number of rotatable bonds is 1. The molecule has 2 aromatic rings. The minimum Gasteiger partial charge on any atom is -0.300 e. The molecule has 0 radical (unpaired) electrons. The second-order valence-corrected chi connectivity index (χ2v) is 6.00. The van der Waals surface area contributed by atoms with Crippen molar-refractivity contribution in [2.45, 2.75) is 39.7 Å². The fourth-order valence-electron chi connectivity index (χ4n) is 1.92. The van der Waals surface area contributed by atoms with Gasteiger partial charge in [-0.05, 0) is 23.9 Å². The van der Waals surface area contributed by atoms with E-state index in [2.05, 4.69) is 42.6 Å². The smallest absolute Gasteiger partial charge is 0.204 e. The Kier molecular flexibility index (Phi) is 3.75. The molecule has 19 heavy (non-hydrogen) atoms. The van der Waals surface area contributed by atoms with E-state index in [0.717, 1.165) is 16.6 Å². The lowest BCUT2D eigenvalue weighted by Gasteiger charge is -2.19. The largest absolute Gasteiger partial charge is 0.300 e. The molecule has 0 unspecified atom stereocenters. The molecule has 3 nitrogen and oxygen atoms in total. The van der Waals surface area contributed by atoms with Crippen LogP contribution < -0.4 is 0 Å². The molecule has 2 heterocycles. The van der Waals surface area contributed by atoms with E-state index in [9.17, 15) is 0 Å². The van der Waals surface area contributed by atoms with E-state index < -0.39 is 0 Å². The number of nitrogens with zero attached hydrogens (tertiary/aromatic N) is 3. The fourth-order valence-corrected chi connectivity index (χ4v) is 2.39. The molecule has 0 aromatic carbocycles. The summed E-state index contributed by atoms with van der Waals surface area (Å²) in [4.78, 5) is 8.68. The molecule has 0 saturated heterocycles. The van der Waals surface area contributed by atoms with Gasteiger partial charge in [0.1, 0.15) is 5.52 Å². The van der Waals surface area contributed by atoms with Crippen LogP contribution in [0, 0.1) is 11.8 Å². The average Bonchev–Trinajstić information content (AvgIpc) is 2.62. The summed E-state index contributed by atoms with van der Waals surface area (Å²) in [6.07, 6.45) is 1.77. The van der Waals surface area contributed by atoms with E-state index in [1.807, 2.05) is 0 Å². The minimum atomic E-state index is -0.0746. The molecule has 0 aliphatic heterocycles. The maximum Gasteiger partial charge on any atom is 0.204 e. The summed E-state index contributed by atoms with van der Waals surface area (Å²) >= 11 is 12.4. The molecule has 5 heteroatoms. The van der Waals surface area contributed by atoms with Crippen LogP contribution in [0.3, 0.4) is 0 Å². The standard InChI is InChI=1S/C14H15Cl2N3/c1-5-6-7-19-11-10(18-13(19)16)9(14(2,3)4)8-17-12(11)15/h8H,7H2,1-4H3. The third-order valence-corrected chi connectivity index (χ3v) is 3.47. The summed E-state index contributed by atoms with van der Waals surface area (Å²) in [5, 5.41) is 0.790. The van der Waals surface area contributed by atoms with Crippen molar-refractivity contribution in [2.24, 2.45) is 0 Å². The molecular formula is C14H15Cl2N3. The molecule has 0 aliphatic carbocycles. The van der Waals surface area contributed by atoms with Crippen LogP contribution in [0.15, 0.2) is 6.20 Å². The van der Waals surface area contributed by atoms with Gasteiger partial charge >= 0.3 is 0 Å². The molecule has 0 fully saturated rings. The summed E-state index contributed by atoms with van der Waals surface area (Å²) < 4.78 is 1.79. The Morgan fingerprint density at radius 2 is 2.00 bits per heavy atom. The van der Waals surface area contributed by atoms with E-state index >= 15 is 0 Å². The molecule has 0 saturated carbocycles. The van der Waals surface area contributed by atoms with Gasteiger partial charge in [-0.3, -0.25) is 0 Å². The Labute approximate surface area is 122 Å². The molecule has 2 rings (SSSR count). The number of imidazole rings is 1. The Bertz CT molecular complexity index is 684. The monoisotopic (exact) mass is 295 g/mol. The number of aromatic nitrogens is 3. The maximum atomic E-state index is 6.20. The number of pyridine rings is 1. The third kappa shape index (κ3) is 2.56. The first-order chi connectivity index (χ1) is 8.86. The summed E-state index contributed by atoms with van der Waals surface area (Å²) in [6, 6.07) is 0. The first-order valence-corrected chi connectivity index (χ1v) is 6.72. The highest BCUT2D eigenvalue weighted by molar-refractivity contribution is 6.35. The topological polar surface area (TPSA) is 30.7 Å². The van der Waals surface area contributed by atoms with Gasteiger partial charge in [0.15, 0.2) is 5.15 Å². The van der Waals surface area contributed by atoms with Crippen molar-refractivity contribution in [1.29, 1.82) is 0 Å². The molecular weight excluding hydrogens is 281 g/mol. The van der Waals surface area contributed by atoms with Gasteiger partial charge < -0.3 is 4.57 Å². The van der Waals surface area contributed by atoms with E-state index in [1.165, 1.54) is 0 Å². The lowest BCUT2D eigenvalue weighted by Crippen LogP contribution is -2.12. The van der Waals surface area contributed by atoms with Crippen molar-refractivity contribution in [3.8, 4) is 11.8 Å². The molecule has 0 aliphatic rings. The van der Waals surface area contributed by atoms with E-state index in [1.54, 1.807) is 17.7 Å². The molecule has 0 N–H and O–H groups in total. The summed E-state index contributed by atoms with van der Waals surface area (Å²) in [7, 11) is 0. The van der Waals surface area contributed by atoms with Gasteiger partial charge in [0.25, 0.3) is 0 Å². The van der Waals surface area contributed by atoms with Gasteiger partial charge in [0, 0.05) is 11.8 Å². The maximum absolute atomic E-state index is 6.20. The number of hydrogen-bond donors (Lipinski definition) is 0. The normalized spacial score (nSPS) is 11.5. The lowest BCUT2D eigenvalue weighted by molar-refractivity contribution is 0.592. The first kappa shape index (κ1) is 14.2. The van der Waals surface area contributed by atoms with Crippen LogP contribution >= 0.6 is 23.2 Å². The van der Waals surface area contributed by atoms with Gasteiger partial charge in [0.2, 0.25) is 5.28 Å². The van der Waals surface area contributed by atoms with Crippen LogP contribution in [0.1, 0.15) is 33.3 Å². The van der Waals surface area contributed by atoms with Crippen LogP contribution in [0.4, 0.5) is 0 Å². The van der Waals surface area contributed by atoms with Gasteiger partial charge in [-0.2, -0.15) is 0 Å². The summed E-state index contributed by atoms with van der Waals surface area (Å²) in [6.45, 7) is 8.57. The Morgan fingerprint density at radius 3 is 2.58 bits per heavy atom. The fraction of sp³-hybridized carbons (Fsp3) is 0.429. The molecule has 0 atom stereocenters.